The van der Waals surface area contributed by atoms with Crippen LogP contribution >= 0.6 is 0 Å². The Hall–Kier alpha value is -3.01. The Morgan fingerprint density at radius 2 is 0.704 bits per heavy atom. The Morgan fingerprint density at radius 3 is 1.06 bits per heavy atom. The zero-order valence-corrected chi connectivity index (χ0v) is 53.9. The van der Waals surface area contributed by atoms with Gasteiger partial charge in [0.2, 0.25) is 0 Å². The number of nitrogens with zero attached hydrogens (tertiary/aromatic N) is 1. The van der Waals surface area contributed by atoms with E-state index in [0.717, 1.165) is 83.5 Å². The highest BCUT2D eigenvalue weighted by molar-refractivity contribution is 5.71. The summed E-state index contributed by atoms with van der Waals surface area (Å²) < 4.78 is 22.9. The molecule has 2 atom stereocenters. The van der Waals surface area contributed by atoms with E-state index < -0.39 is 24.3 Å². The molecule has 0 saturated carbocycles. The number of unbranched alkanes of at least 4 members (excludes halogenated alkanes) is 39. The van der Waals surface area contributed by atoms with Crippen LogP contribution < -0.4 is 0 Å². The largest absolute Gasteiger partial charge is 0.477 e. The SMILES string of the molecule is CC/C=C\C/C=C\C/C=C\C/C=C\CCCCCCCCC(=O)OC(COC(=O)CCCCCCCCCCCCCCCCCCCCCCCCCCC/C=C\CCCCCCCCCC)COC(OCC[N+](C)(C)C)C(=O)O. The van der Waals surface area contributed by atoms with Crippen molar-refractivity contribution in [3.05, 3.63) is 60.8 Å². The van der Waals surface area contributed by atoms with Gasteiger partial charge >= 0.3 is 17.9 Å². The molecule has 81 heavy (non-hydrogen) atoms. The molecule has 0 rings (SSSR count). The zero-order chi connectivity index (χ0) is 59.1. The van der Waals surface area contributed by atoms with Crippen molar-refractivity contribution < 1.29 is 42.9 Å². The van der Waals surface area contributed by atoms with Crippen molar-refractivity contribution in [1.82, 2.24) is 0 Å². The Labute approximate surface area is 501 Å². The number of esters is 2. The summed E-state index contributed by atoms with van der Waals surface area (Å²) in [5.41, 5.74) is 0. The molecule has 9 nitrogen and oxygen atoms in total. The van der Waals surface area contributed by atoms with Gasteiger partial charge in [0, 0.05) is 12.8 Å². The molecule has 0 aromatic carbocycles. The van der Waals surface area contributed by atoms with Crippen molar-refractivity contribution >= 4 is 17.9 Å². The van der Waals surface area contributed by atoms with Gasteiger partial charge in [-0.1, -0.05) is 293 Å². The molecule has 0 radical (unpaired) electrons. The minimum atomic E-state index is -1.52. The van der Waals surface area contributed by atoms with Crippen LogP contribution in [0.15, 0.2) is 60.8 Å². The van der Waals surface area contributed by atoms with E-state index in [-0.39, 0.29) is 32.2 Å². The van der Waals surface area contributed by atoms with Crippen LogP contribution in [-0.4, -0.2) is 87.4 Å². The van der Waals surface area contributed by atoms with Crippen molar-refractivity contribution in [3.8, 4) is 0 Å². The van der Waals surface area contributed by atoms with Gasteiger partial charge in [0.25, 0.3) is 6.29 Å². The number of aliphatic carboxylic acids is 1. The third-order valence-corrected chi connectivity index (χ3v) is 15.3. The predicted molar refractivity (Wildman–Crippen MR) is 346 cm³/mol. The molecule has 0 fully saturated rings. The molecule has 0 bridgehead atoms. The zero-order valence-electron chi connectivity index (χ0n) is 53.9. The van der Waals surface area contributed by atoms with Crippen LogP contribution in [0.2, 0.25) is 0 Å². The molecule has 0 aromatic heterocycles. The summed E-state index contributed by atoms with van der Waals surface area (Å²) in [6.45, 7) is 4.78. The first-order chi connectivity index (χ1) is 39.6. The fourth-order valence-corrected chi connectivity index (χ4v) is 10.0. The van der Waals surface area contributed by atoms with Crippen LogP contribution in [0.1, 0.15) is 322 Å². The molecule has 0 spiro atoms. The third-order valence-electron chi connectivity index (χ3n) is 15.3. The number of carboxylic acid groups (broad SMARTS) is 1. The lowest BCUT2D eigenvalue weighted by Crippen LogP contribution is -2.40. The van der Waals surface area contributed by atoms with Gasteiger partial charge in [0.05, 0.1) is 34.4 Å². The molecule has 0 heterocycles. The quantitative estimate of drug-likeness (QED) is 0.0211. The molecular formula is C72H132NO8+. The fraction of sp³-hybridized carbons (Fsp3) is 0.819. The second-order valence-electron chi connectivity index (χ2n) is 24.5. The van der Waals surface area contributed by atoms with Crippen molar-refractivity contribution in [1.29, 1.82) is 0 Å². The summed E-state index contributed by atoms with van der Waals surface area (Å²) >= 11 is 0. The van der Waals surface area contributed by atoms with Crippen molar-refractivity contribution in [3.63, 3.8) is 0 Å². The van der Waals surface area contributed by atoms with Gasteiger partial charge < -0.3 is 28.5 Å². The Bertz CT molecular complexity index is 1510. The van der Waals surface area contributed by atoms with Crippen LogP contribution in [0.5, 0.6) is 0 Å². The van der Waals surface area contributed by atoms with Gasteiger partial charge in [-0.2, -0.15) is 0 Å². The molecule has 0 aliphatic heterocycles. The summed E-state index contributed by atoms with van der Waals surface area (Å²) in [4.78, 5) is 37.5. The van der Waals surface area contributed by atoms with E-state index in [1.54, 1.807) is 0 Å². The lowest BCUT2D eigenvalue weighted by molar-refractivity contribution is -0.870. The average Bonchev–Trinajstić information content (AvgIpc) is 3.44. The molecule has 0 amide bonds. The van der Waals surface area contributed by atoms with E-state index in [4.69, 9.17) is 18.9 Å². The Morgan fingerprint density at radius 1 is 0.383 bits per heavy atom. The number of carboxylic acids is 1. The maximum Gasteiger partial charge on any atom is 0.361 e. The molecule has 9 heteroatoms. The van der Waals surface area contributed by atoms with E-state index in [2.05, 4.69) is 74.6 Å². The Balaban J connectivity index is 3.99. The van der Waals surface area contributed by atoms with Gasteiger partial charge in [-0.05, 0) is 77.0 Å². The van der Waals surface area contributed by atoms with E-state index in [0.29, 0.717) is 23.9 Å². The first-order valence-electron chi connectivity index (χ1n) is 34.5. The summed E-state index contributed by atoms with van der Waals surface area (Å²) in [7, 11) is 5.97. The topological polar surface area (TPSA) is 108 Å². The van der Waals surface area contributed by atoms with Crippen LogP contribution in [0.4, 0.5) is 0 Å². The van der Waals surface area contributed by atoms with Gasteiger partial charge in [-0.3, -0.25) is 9.59 Å². The van der Waals surface area contributed by atoms with Gasteiger partial charge in [0.15, 0.2) is 6.10 Å². The van der Waals surface area contributed by atoms with Crippen LogP contribution in [0.3, 0.4) is 0 Å². The standard InChI is InChI=1S/C72H131NO8/c1-6-8-10-12-14-16-18-20-22-24-26-27-28-29-30-31-32-33-34-35-36-37-38-39-40-41-42-43-45-46-48-50-52-54-56-58-60-62-69(74)79-66-68(67-80-72(71(76)77)78-65-64-73(3,4)5)81-70(75)63-61-59-57-55-53-51-49-47-44-25-23-21-19-17-15-13-11-9-7-2/h9,11,15,17,21,23-24,26,44,47,68,72H,6-8,10,12-14,16,18-20,22,25,27-43,45-46,48-67H2,1-5H3/p+1/b11-9-,17-15-,23-21-,26-24-,47-44-. The normalized spacial score (nSPS) is 13.0. The average molecular weight is 1140 g/mol. The van der Waals surface area contributed by atoms with Crippen molar-refractivity contribution in [2.75, 3.05) is 47.5 Å². The van der Waals surface area contributed by atoms with Crippen LogP contribution in [0, 0.1) is 0 Å². The predicted octanol–water partition coefficient (Wildman–Crippen LogP) is 21.1. The van der Waals surface area contributed by atoms with Crippen LogP contribution in [-0.2, 0) is 33.3 Å². The molecule has 2 unspecified atom stereocenters. The third kappa shape index (κ3) is 64.4. The summed E-state index contributed by atoms with van der Waals surface area (Å²) in [6, 6.07) is 0. The number of ether oxygens (including phenoxy) is 4. The molecule has 1 N–H and O–H groups in total. The number of likely N-dealkylation sites (N-methyl/N-ethyl adjacent to an activating group) is 1. The van der Waals surface area contributed by atoms with Gasteiger partial charge in [-0.15, -0.1) is 0 Å². The minimum Gasteiger partial charge on any atom is -0.477 e. The number of quaternary nitrogens is 1. The maximum atomic E-state index is 12.9. The summed E-state index contributed by atoms with van der Waals surface area (Å²) in [5.74, 6) is -2.01. The van der Waals surface area contributed by atoms with Gasteiger partial charge in [0.1, 0.15) is 13.2 Å². The number of rotatable bonds is 64. The van der Waals surface area contributed by atoms with E-state index in [9.17, 15) is 19.5 Å². The van der Waals surface area contributed by atoms with E-state index >= 15 is 0 Å². The number of carbonyl (C=O) groups is 3. The minimum absolute atomic E-state index is 0.184. The van der Waals surface area contributed by atoms with E-state index in [1.165, 1.54) is 205 Å². The molecule has 0 aromatic rings. The highest BCUT2D eigenvalue weighted by atomic mass is 16.7. The lowest BCUT2D eigenvalue weighted by atomic mass is 10.0. The maximum absolute atomic E-state index is 12.9. The number of hydrogen-bond acceptors (Lipinski definition) is 7. The highest BCUT2D eigenvalue weighted by Gasteiger charge is 2.25. The number of hydrogen-bond donors (Lipinski definition) is 1. The summed E-state index contributed by atoms with van der Waals surface area (Å²) in [5, 5.41) is 9.72. The van der Waals surface area contributed by atoms with Gasteiger partial charge in [-0.25, -0.2) is 4.79 Å². The summed E-state index contributed by atoms with van der Waals surface area (Å²) in [6.07, 6.45) is 79.2. The number of carbonyl (C=O) groups excluding carboxylic acids is 2. The van der Waals surface area contributed by atoms with Crippen molar-refractivity contribution in [2.45, 2.75) is 334 Å². The number of allylic oxidation sites excluding steroid dienone is 10. The van der Waals surface area contributed by atoms with Crippen LogP contribution in [0.25, 0.3) is 0 Å². The molecule has 472 valence electrons. The first-order valence-corrected chi connectivity index (χ1v) is 34.5. The first kappa shape index (κ1) is 78.0. The molecule has 0 saturated heterocycles. The molecular weight excluding hydrogens is 1010 g/mol. The molecule has 0 aliphatic carbocycles. The van der Waals surface area contributed by atoms with E-state index in [1.807, 2.05) is 21.1 Å². The monoisotopic (exact) mass is 1140 g/mol. The lowest BCUT2D eigenvalue weighted by Gasteiger charge is -2.25. The highest BCUT2D eigenvalue weighted by Crippen LogP contribution is 2.18. The smallest absolute Gasteiger partial charge is 0.361 e. The second kappa shape index (κ2) is 63.0. The fourth-order valence-electron chi connectivity index (χ4n) is 10.0. The Kier molecular flexibility index (Phi) is 60.7. The van der Waals surface area contributed by atoms with Crippen molar-refractivity contribution in [2.24, 2.45) is 0 Å². The second-order valence-corrected chi connectivity index (χ2v) is 24.5. The molecule has 0 aliphatic rings.